The van der Waals surface area contributed by atoms with Crippen molar-refractivity contribution in [1.82, 2.24) is 0 Å². The van der Waals surface area contributed by atoms with Gasteiger partial charge in [0.05, 0.1) is 29.4 Å². The first kappa shape index (κ1) is 17.6. The fraction of sp³-hybridized carbons (Fsp3) is 0.125. The normalized spacial score (nSPS) is 10.8. The fourth-order valence-corrected chi connectivity index (χ4v) is 2.11. The highest BCUT2D eigenvalue weighted by Crippen LogP contribution is 2.36. The van der Waals surface area contributed by atoms with Crippen molar-refractivity contribution >= 4 is 28.9 Å². The molecule has 0 saturated heterocycles. The largest absolute Gasteiger partial charge is 0.418 e. The van der Waals surface area contributed by atoms with Crippen molar-refractivity contribution in [3.8, 4) is 6.07 Å². The number of anilines is 2. The van der Waals surface area contributed by atoms with Crippen LogP contribution in [0.15, 0.2) is 42.5 Å². The maximum Gasteiger partial charge on any atom is 0.418 e. The molecule has 8 heteroatoms. The Kier molecular flexibility index (Phi) is 5.31. The predicted octanol–water partition coefficient (Wildman–Crippen LogP) is 4.28. The topological polar surface area (TPSA) is 64.9 Å². The van der Waals surface area contributed by atoms with Gasteiger partial charge in [0, 0.05) is 10.7 Å². The van der Waals surface area contributed by atoms with Crippen molar-refractivity contribution in [3.05, 3.63) is 58.6 Å². The number of rotatable bonds is 4. The summed E-state index contributed by atoms with van der Waals surface area (Å²) in [5.41, 5.74) is -0.479. The molecule has 0 unspecified atom stereocenters. The Morgan fingerprint density at radius 2 is 1.96 bits per heavy atom. The summed E-state index contributed by atoms with van der Waals surface area (Å²) in [5.74, 6) is -0.662. The van der Waals surface area contributed by atoms with E-state index in [2.05, 4.69) is 10.6 Å². The molecule has 1 amide bonds. The van der Waals surface area contributed by atoms with Crippen LogP contribution in [0.4, 0.5) is 24.5 Å². The summed E-state index contributed by atoms with van der Waals surface area (Å²) in [6.07, 6.45) is -4.64. The highest BCUT2D eigenvalue weighted by atomic mass is 35.5. The third-order valence-electron chi connectivity index (χ3n) is 3.01. The SMILES string of the molecule is N#Cc1cccc(NCC(=O)Nc2ccc(Cl)cc2C(F)(F)F)c1. The van der Waals surface area contributed by atoms with Crippen molar-refractivity contribution in [2.45, 2.75) is 6.18 Å². The zero-order chi connectivity index (χ0) is 17.7. The van der Waals surface area contributed by atoms with Gasteiger partial charge in [-0.2, -0.15) is 18.4 Å². The van der Waals surface area contributed by atoms with Crippen LogP contribution in [-0.2, 0) is 11.0 Å². The second kappa shape index (κ2) is 7.23. The molecule has 0 aromatic heterocycles. The number of hydrogen-bond donors (Lipinski definition) is 2. The number of halogens is 4. The number of hydrogen-bond acceptors (Lipinski definition) is 3. The summed E-state index contributed by atoms with van der Waals surface area (Å²) in [6, 6.07) is 11.4. The summed E-state index contributed by atoms with van der Waals surface area (Å²) < 4.78 is 38.9. The molecule has 0 aliphatic carbocycles. The van der Waals surface area contributed by atoms with Crippen LogP contribution in [0.2, 0.25) is 5.02 Å². The highest BCUT2D eigenvalue weighted by Gasteiger charge is 2.34. The van der Waals surface area contributed by atoms with Gasteiger partial charge in [-0.15, -0.1) is 0 Å². The second-order valence-corrected chi connectivity index (χ2v) is 5.22. The number of carbonyl (C=O) groups is 1. The van der Waals surface area contributed by atoms with Gasteiger partial charge in [-0.05, 0) is 36.4 Å². The van der Waals surface area contributed by atoms with E-state index in [1.54, 1.807) is 18.2 Å². The molecule has 0 heterocycles. The lowest BCUT2D eigenvalue weighted by Crippen LogP contribution is -2.23. The number of amides is 1. The van der Waals surface area contributed by atoms with Crippen LogP contribution in [0.3, 0.4) is 0 Å². The monoisotopic (exact) mass is 353 g/mol. The molecule has 0 spiro atoms. The minimum Gasteiger partial charge on any atom is -0.376 e. The van der Waals surface area contributed by atoms with Crippen LogP contribution in [0.5, 0.6) is 0 Å². The molecule has 0 radical (unpaired) electrons. The molecule has 0 aliphatic rings. The van der Waals surface area contributed by atoms with Crippen LogP contribution >= 0.6 is 11.6 Å². The van der Waals surface area contributed by atoms with Gasteiger partial charge in [0.1, 0.15) is 0 Å². The summed E-state index contributed by atoms with van der Waals surface area (Å²) >= 11 is 5.58. The lowest BCUT2D eigenvalue weighted by atomic mass is 10.1. The van der Waals surface area contributed by atoms with Crippen molar-refractivity contribution in [3.63, 3.8) is 0 Å². The van der Waals surface area contributed by atoms with Gasteiger partial charge in [0.25, 0.3) is 0 Å². The molecular weight excluding hydrogens is 343 g/mol. The van der Waals surface area contributed by atoms with Crippen molar-refractivity contribution < 1.29 is 18.0 Å². The van der Waals surface area contributed by atoms with Crippen LogP contribution in [0.1, 0.15) is 11.1 Å². The van der Waals surface area contributed by atoms with Crippen molar-refractivity contribution in [1.29, 1.82) is 5.26 Å². The Morgan fingerprint density at radius 1 is 1.21 bits per heavy atom. The van der Waals surface area contributed by atoms with Gasteiger partial charge in [-0.1, -0.05) is 17.7 Å². The molecule has 4 nitrogen and oxygen atoms in total. The van der Waals surface area contributed by atoms with Crippen LogP contribution in [0, 0.1) is 11.3 Å². The average molecular weight is 354 g/mol. The van der Waals surface area contributed by atoms with E-state index in [9.17, 15) is 18.0 Å². The lowest BCUT2D eigenvalue weighted by Gasteiger charge is -2.14. The van der Waals surface area contributed by atoms with Gasteiger partial charge in [0.15, 0.2) is 0 Å². The molecule has 0 saturated carbocycles. The molecule has 2 N–H and O–H groups in total. The molecular formula is C16H11ClF3N3O. The number of nitriles is 1. The van der Waals surface area contributed by atoms with Gasteiger partial charge >= 0.3 is 6.18 Å². The van der Waals surface area contributed by atoms with E-state index < -0.39 is 17.6 Å². The van der Waals surface area contributed by atoms with E-state index >= 15 is 0 Å². The Morgan fingerprint density at radius 3 is 2.62 bits per heavy atom. The van der Waals surface area contributed by atoms with E-state index in [-0.39, 0.29) is 17.3 Å². The molecule has 2 aromatic carbocycles. The molecule has 24 heavy (non-hydrogen) atoms. The molecule has 0 fully saturated rings. The summed E-state index contributed by atoms with van der Waals surface area (Å²) in [7, 11) is 0. The minimum absolute atomic E-state index is 0.0771. The van der Waals surface area contributed by atoms with Gasteiger partial charge < -0.3 is 10.6 Å². The maximum atomic E-state index is 13.0. The van der Waals surface area contributed by atoms with E-state index in [1.165, 1.54) is 12.1 Å². The number of carbonyl (C=O) groups excluding carboxylic acids is 1. The van der Waals surface area contributed by atoms with Crippen LogP contribution < -0.4 is 10.6 Å². The predicted molar refractivity (Wildman–Crippen MR) is 84.7 cm³/mol. The Hall–Kier alpha value is -2.72. The molecule has 2 aromatic rings. The fourth-order valence-electron chi connectivity index (χ4n) is 1.94. The number of benzene rings is 2. The Bertz CT molecular complexity index is 800. The molecule has 0 aliphatic heterocycles. The molecule has 0 atom stereocenters. The standard InChI is InChI=1S/C16H11ClF3N3O/c17-11-4-5-14(13(7-11)16(18,19)20)23-15(24)9-22-12-3-1-2-10(6-12)8-21/h1-7,22H,9H2,(H,23,24). The number of nitrogens with one attached hydrogen (secondary N) is 2. The minimum atomic E-state index is -4.64. The van der Waals surface area contributed by atoms with Crippen LogP contribution in [-0.4, -0.2) is 12.5 Å². The first-order chi connectivity index (χ1) is 11.3. The van der Waals surface area contributed by atoms with E-state index in [4.69, 9.17) is 16.9 Å². The number of alkyl halides is 3. The Labute approximate surface area is 140 Å². The first-order valence-electron chi connectivity index (χ1n) is 6.70. The molecule has 0 bridgehead atoms. The third kappa shape index (κ3) is 4.64. The zero-order valence-corrected chi connectivity index (χ0v) is 12.9. The summed E-state index contributed by atoms with van der Waals surface area (Å²) in [6.45, 7) is -0.255. The highest BCUT2D eigenvalue weighted by molar-refractivity contribution is 6.30. The average Bonchev–Trinajstić information content (AvgIpc) is 2.54. The maximum absolute atomic E-state index is 13.0. The number of nitrogens with zero attached hydrogens (tertiary/aromatic N) is 1. The second-order valence-electron chi connectivity index (χ2n) is 4.78. The van der Waals surface area contributed by atoms with Crippen molar-refractivity contribution in [2.24, 2.45) is 0 Å². The van der Waals surface area contributed by atoms with Gasteiger partial charge in [0.2, 0.25) is 5.91 Å². The summed E-state index contributed by atoms with van der Waals surface area (Å²) in [5, 5.41) is 13.6. The first-order valence-corrected chi connectivity index (χ1v) is 7.08. The smallest absolute Gasteiger partial charge is 0.376 e. The van der Waals surface area contributed by atoms with E-state index in [0.717, 1.165) is 12.1 Å². The lowest BCUT2D eigenvalue weighted by molar-refractivity contribution is -0.137. The molecule has 2 rings (SSSR count). The van der Waals surface area contributed by atoms with E-state index in [0.29, 0.717) is 11.3 Å². The third-order valence-corrected chi connectivity index (χ3v) is 3.24. The van der Waals surface area contributed by atoms with Crippen LogP contribution in [0.25, 0.3) is 0 Å². The quantitative estimate of drug-likeness (QED) is 0.862. The Balaban J connectivity index is 2.06. The molecule has 124 valence electrons. The van der Waals surface area contributed by atoms with Crippen molar-refractivity contribution in [2.75, 3.05) is 17.2 Å². The summed E-state index contributed by atoms with van der Waals surface area (Å²) in [4.78, 5) is 11.9. The van der Waals surface area contributed by atoms with Gasteiger partial charge in [-0.25, -0.2) is 0 Å². The zero-order valence-electron chi connectivity index (χ0n) is 12.1. The van der Waals surface area contributed by atoms with Gasteiger partial charge in [-0.3, -0.25) is 4.79 Å². The van der Waals surface area contributed by atoms with E-state index in [1.807, 2.05) is 6.07 Å².